The highest BCUT2D eigenvalue weighted by Gasteiger charge is 2.43. The Morgan fingerprint density at radius 2 is 1.58 bits per heavy atom. The summed E-state index contributed by atoms with van der Waals surface area (Å²) in [6, 6.07) is 6.15. The lowest BCUT2D eigenvalue weighted by Gasteiger charge is -2.31. The number of ether oxygens (including phenoxy) is 2. The Labute approximate surface area is 138 Å². The van der Waals surface area contributed by atoms with E-state index in [2.05, 4.69) is 4.74 Å². The molecule has 0 saturated heterocycles. The third-order valence-corrected chi connectivity index (χ3v) is 3.12. The summed E-state index contributed by atoms with van der Waals surface area (Å²) < 4.78 is 9.72. The van der Waals surface area contributed by atoms with Gasteiger partial charge in [-0.3, -0.25) is 14.4 Å². The second-order valence-electron chi connectivity index (χ2n) is 6.08. The Morgan fingerprint density at radius 1 is 1.08 bits per heavy atom. The number of methoxy groups -OCH3 is 1. The van der Waals surface area contributed by atoms with Gasteiger partial charge in [-0.05, 0) is 32.9 Å². The first-order chi connectivity index (χ1) is 11.2. The first-order valence-electron chi connectivity index (χ1n) is 7.21. The van der Waals surface area contributed by atoms with E-state index in [1.165, 1.54) is 12.1 Å². The molecule has 0 fully saturated rings. The molecule has 0 unspecified atom stereocenters. The zero-order valence-corrected chi connectivity index (χ0v) is 13.9. The Morgan fingerprint density at radius 3 is 2.00 bits per heavy atom. The van der Waals surface area contributed by atoms with Gasteiger partial charge in [0.15, 0.2) is 0 Å². The highest BCUT2D eigenvalue weighted by molar-refractivity contribution is 6.21. The van der Waals surface area contributed by atoms with Crippen molar-refractivity contribution in [2.45, 2.75) is 26.4 Å². The van der Waals surface area contributed by atoms with E-state index < -0.39 is 36.0 Å². The summed E-state index contributed by atoms with van der Waals surface area (Å²) in [4.78, 5) is 49.0. The molecule has 0 bridgehead atoms. The minimum atomic E-state index is -0.998. The molecule has 2 rings (SSSR count). The summed E-state index contributed by atoms with van der Waals surface area (Å²) in [5.41, 5.74) is -0.564. The number of carbonyl (C=O) groups excluding carboxylic acids is 4. The smallest absolute Gasteiger partial charge is 0.430 e. The molecule has 0 aliphatic carbocycles. The van der Waals surface area contributed by atoms with E-state index in [1.54, 1.807) is 32.9 Å². The first-order valence-corrected chi connectivity index (χ1v) is 7.21. The molecule has 3 amide bonds. The second-order valence-corrected chi connectivity index (χ2v) is 6.08. The van der Waals surface area contributed by atoms with Crippen LogP contribution < -0.4 is 0 Å². The number of hydrazine groups is 1. The number of rotatable bonds is 3. The minimum Gasteiger partial charge on any atom is -0.468 e. The summed E-state index contributed by atoms with van der Waals surface area (Å²) in [5, 5.41) is 1.26. The maximum Gasteiger partial charge on any atom is 0.430 e. The summed E-state index contributed by atoms with van der Waals surface area (Å²) in [7, 11) is 1.14. The number of benzene rings is 1. The lowest BCUT2D eigenvalue weighted by Crippen LogP contribution is -2.53. The SMILES string of the molecule is COC(=O)CN(C(=O)OC(C)(C)C)N1C(=O)c2ccccc2C1=O. The summed E-state index contributed by atoms with van der Waals surface area (Å²) in [5.74, 6) is -2.20. The van der Waals surface area contributed by atoms with Gasteiger partial charge in [0.05, 0.1) is 18.2 Å². The van der Waals surface area contributed by atoms with E-state index in [4.69, 9.17) is 4.74 Å². The Kier molecular flexibility index (Phi) is 4.59. The van der Waals surface area contributed by atoms with Crippen molar-refractivity contribution in [3.05, 3.63) is 35.4 Å². The first kappa shape index (κ1) is 17.5. The van der Waals surface area contributed by atoms with Crippen LogP contribution in [0, 0.1) is 0 Å². The quantitative estimate of drug-likeness (QED) is 0.616. The van der Waals surface area contributed by atoms with Crippen molar-refractivity contribution in [3.8, 4) is 0 Å². The molecule has 8 heteroatoms. The molecule has 8 nitrogen and oxygen atoms in total. The van der Waals surface area contributed by atoms with Gasteiger partial charge in [0.1, 0.15) is 12.1 Å². The summed E-state index contributed by atoms with van der Waals surface area (Å²) in [6.07, 6.45) is -0.998. The number of hydrogen-bond acceptors (Lipinski definition) is 6. The van der Waals surface area contributed by atoms with Crippen LogP contribution in [0.2, 0.25) is 0 Å². The molecule has 1 aromatic rings. The van der Waals surface area contributed by atoms with Gasteiger partial charge >= 0.3 is 12.1 Å². The molecule has 1 aromatic carbocycles. The molecule has 0 saturated carbocycles. The van der Waals surface area contributed by atoms with Crippen LogP contribution in [0.3, 0.4) is 0 Å². The molecule has 24 heavy (non-hydrogen) atoms. The number of esters is 1. The maximum absolute atomic E-state index is 12.5. The van der Waals surface area contributed by atoms with Crippen LogP contribution >= 0.6 is 0 Å². The molecule has 128 valence electrons. The van der Waals surface area contributed by atoms with Gasteiger partial charge in [-0.2, -0.15) is 10.0 Å². The van der Waals surface area contributed by atoms with E-state index in [1.807, 2.05) is 0 Å². The number of hydrogen-bond donors (Lipinski definition) is 0. The zero-order chi connectivity index (χ0) is 18.1. The van der Waals surface area contributed by atoms with Crippen molar-refractivity contribution in [1.82, 2.24) is 10.0 Å². The summed E-state index contributed by atoms with van der Waals surface area (Å²) in [6.45, 7) is 4.26. The number of amides is 3. The van der Waals surface area contributed by atoms with E-state index >= 15 is 0 Å². The van der Waals surface area contributed by atoms with Crippen LogP contribution in [0.5, 0.6) is 0 Å². The van der Waals surface area contributed by atoms with Crippen molar-refractivity contribution in [2.24, 2.45) is 0 Å². The Hall–Kier alpha value is -2.90. The van der Waals surface area contributed by atoms with E-state index in [-0.39, 0.29) is 11.1 Å². The molecule has 1 heterocycles. The lowest BCUT2D eigenvalue weighted by atomic mass is 10.1. The molecule has 0 aromatic heterocycles. The van der Waals surface area contributed by atoms with E-state index in [0.717, 1.165) is 7.11 Å². The number of fused-ring (bicyclic) bond motifs is 1. The van der Waals surface area contributed by atoms with Gasteiger partial charge in [-0.15, -0.1) is 0 Å². The van der Waals surface area contributed by atoms with Gasteiger partial charge in [0.2, 0.25) is 0 Å². The number of carbonyl (C=O) groups is 4. The van der Waals surface area contributed by atoms with Gasteiger partial charge in [0.25, 0.3) is 11.8 Å². The van der Waals surface area contributed by atoms with Crippen LogP contribution in [-0.2, 0) is 14.3 Å². The lowest BCUT2D eigenvalue weighted by molar-refractivity contribution is -0.144. The molecule has 0 N–H and O–H groups in total. The Bertz CT molecular complexity index is 672. The van der Waals surface area contributed by atoms with E-state index in [0.29, 0.717) is 10.0 Å². The fraction of sp³-hybridized carbons (Fsp3) is 0.375. The minimum absolute atomic E-state index is 0.154. The maximum atomic E-state index is 12.5. The third kappa shape index (κ3) is 3.37. The second kappa shape index (κ2) is 6.31. The van der Waals surface area contributed by atoms with Crippen molar-refractivity contribution >= 4 is 23.9 Å². The molecule has 1 aliphatic heterocycles. The van der Waals surface area contributed by atoms with Crippen LogP contribution in [0.4, 0.5) is 4.79 Å². The van der Waals surface area contributed by atoms with Crippen molar-refractivity contribution in [3.63, 3.8) is 0 Å². The van der Waals surface area contributed by atoms with Crippen LogP contribution in [0.15, 0.2) is 24.3 Å². The molecule has 0 spiro atoms. The molecular formula is C16H18N2O6. The fourth-order valence-corrected chi connectivity index (χ4v) is 2.11. The largest absolute Gasteiger partial charge is 0.468 e. The molecule has 0 radical (unpaired) electrons. The van der Waals surface area contributed by atoms with Gasteiger partial charge in [-0.25, -0.2) is 4.79 Å². The van der Waals surface area contributed by atoms with E-state index in [9.17, 15) is 19.2 Å². The Balaban J connectivity index is 2.38. The van der Waals surface area contributed by atoms with Crippen LogP contribution in [0.1, 0.15) is 41.5 Å². The van der Waals surface area contributed by atoms with Gasteiger partial charge in [0, 0.05) is 0 Å². The zero-order valence-electron chi connectivity index (χ0n) is 13.9. The summed E-state index contributed by atoms with van der Waals surface area (Å²) >= 11 is 0. The third-order valence-electron chi connectivity index (χ3n) is 3.12. The van der Waals surface area contributed by atoms with Crippen molar-refractivity contribution in [2.75, 3.05) is 13.7 Å². The number of imide groups is 1. The van der Waals surface area contributed by atoms with Crippen molar-refractivity contribution < 1.29 is 28.7 Å². The topological polar surface area (TPSA) is 93.2 Å². The fourth-order valence-electron chi connectivity index (χ4n) is 2.11. The monoisotopic (exact) mass is 334 g/mol. The van der Waals surface area contributed by atoms with Crippen LogP contribution in [0.25, 0.3) is 0 Å². The highest BCUT2D eigenvalue weighted by Crippen LogP contribution is 2.25. The number of nitrogens with zero attached hydrogens (tertiary/aromatic N) is 2. The predicted octanol–water partition coefficient (Wildman–Crippen LogP) is 1.61. The average molecular weight is 334 g/mol. The standard InChI is InChI=1S/C16H18N2O6/c1-16(2,3)24-15(22)17(9-12(19)23-4)18-13(20)10-7-5-6-8-11(10)14(18)21/h5-8H,9H2,1-4H3. The van der Waals surface area contributed by atoms with Crippen LogP contribution in [-0.4, -0.2) is 53.2 Å². The molecule has 0 atom stereocenters. The highest BCUT2D eigenvalue weighted by atomic mass is 16.6. The molecular weight excluding hydrogens is 316 g/mol. The van der Waals surface area contributed by atoms with Crippen molar-refractivity contribution in [1.29, 1.82) is 0 Å². The average Bonchev–Trinajstić information content (AvgIpc) is 2.75. The normalized spacial score (nSPS) is 13.6. The van der Waals surface area contributed by atoms with Gasteiger partial charge in [-0.1, -0.05) is 12.1 Å². The van der Waals surface area contributed by atoms with Gasteiger partial charge < -0.3 is 9.47 Å². The predicted molar refractivity (Wildman–Crippen MR) is 81.9 cm³/mol. The molecule has 1 aliphatic rings.